The molecule has 1 heterocycles. The van der Waals surface area contributed by atoms with E-state index in [0.29, 0.717) is 23.5 Å². The predicted octanol–water partition coefficient (Wildman–Crippen LogP) is 1.84. The van der Waals surface area contributed by atoms with Crippen molar-refractivity contribution < 1.29 is 4.79 Å². The molecule has 21 heavy (non-hydrogen) atoms. The molecule has 1 aliphatic carbocycles. The molecule has 4 N–H and O–H groups in total. The number of allylic oxidation sites excluding steroid dienone is 2. The molecule has 0 fully saturated rings. The summed E-state index contributed by atoms with van der Waals surface area (Å²) in [6, 6.07) is 6.32. The van der Waals surface area contributed by atoms with Gasteiger partial charge in [0, 0.05) is 25.2 Å². The summed E-state index contributed by atoms with van der Waals surface area (Å²) in [6.45, 7) is 9.74. The third-order valence-corrected chi connectivity index (χ3v) is 3.90. The van der Waals surface area contributed by atoms with Crippen molar-refractivity contribution >= 4 is 5.78 Å². The van der Waals surface area contributed by atoms with Crippen molar-refractivity contribution in [1.82, 2.24) is 4.90 Å². The van der Waals surface area contributed by atoms with E-state index >= 15 is 0 Å². The number of nitrogens with two attached hydrogens (primary N) is 2. The first-order chi connectivity index (χ1) is 10.1. The van der Waals surface area contributed by atoms with Gasteiger partial charge in [-0.3, -0.25) is 4.79 Å². The molecule has 1 aliphatic heterocycles. The van der Waals surface area contributed by atoms with Crippen LogP contribution in [-0.2, 0) is 24.3 Å². The maximum Gasteiger partial charge on any atom is 0.212 e. The van der Waals surface area contributed by atoms with Gasteiger partial charge in [-0.05, 0) is 23.1 Å². The zero-order chi connectivity index (χ0) is 15.6. The fraction of sp³-hybridized carbons (Fsp3) is 0.353. The quantitative estimate of drug-likeness (QED) is 0.813. The summed E-state index contributed by atoms with van der Waals surface area (Å²) >= 11 is 0. The molecule has 112 valence electrons. The minimum absolute atomic E-state index is 0.0177. The lowest BCUT2D eigenvalue weighted by Crippen LogP contribution is -2.41. The van der Waals surface area contributed by atoms with E-state index in [4.69, 9.17) is 11.5 Å². The van der Waals surface area contributed by atoms with E-state index < -0.39 is 0 Å². The predicted molar refractivity (Wildman–Crippen MR) is 85.2 cm³/mol. The number of carbonyl (C=O) groups excluding carboxylic acids is 1. The first-order valence-corrected chi connectivity index (χ1v) is 7.41. The van der Waals surface area contributed by atoms with Gasteiger partial charge >= 0.3 is 0 Å². The lowest BCUT2D eigenvalue weighted by Gasteiger charge is -2.37. The van der Waals surface area contributed by atoms with Gasteiger partial charge in [0.05, 0.1) is 5.70 Å². The minimum atomic E-state index is -0.0177. The number of fused-ring (bicyclic) bond motifs is 1. The van der Waals surface area contributed by atoms with Gasteiger partial charge in [0.2, 0.25) is 5.78 Å². The zero-order valence-corrected chi connectivity index (χ0v) is 12.8. The highest BCUT2D eigenvalue weighted by Crippen LogP contribution is 2.32. The monoisotopic (exact) mass is 285 g/mol. The normalized spacial score (nSPS) is 17.0. The van der Waals surface area contributed by atoms with E-state index in [1.165, 1.54) is 11.1 Å². The molecule has 3 rings (SSSR count). The van der Waals surface area contributed by atoms with Crippen molar-refractivity contribution in [2.24, 2.45) is 11.5 Å². The molecule has 0 radical (unpaired) electrons. The van der Waals surface area contributed by atoms with Crippen LogP contribution in [0.2, 0.25) is 0 Å². The highest BCUT2D eigenvalue weighted by atomic mass is 16.1. The van der Waals surface area contributed by atoms with Crippen LogP contribution in [-0.4, -0.2) is 17.2 Å². The highest BCUT2D eigenvalue weighted by molar-refractivity contribution is 6.18. The summed E-state index contributed by atoms with van der Waals surface area (Å²) < 4.78 is 0. The van der Waals surface area contributed by atoms with Crippen molar-refractivity contribution in [2.75, 3.05) is 6.54 Å². The maximum atomic E-state index is 11.8. The fourth-order valence-corrected chi connectivity index (χ4v) is 2.71. The molecule has 1 aromatic carbocycles. The summed E-state index contributed by atoms with van der Waals surface area (Å²) in [5.74, 6) is -0.0177. The maximum absolute atomic E-state index is 11.8. The van der Waals surface area contributed by atoms with Gasteiger partial charge in [-0.2, -0.15) is 0 Å². The van der Waals surface area contributed by atoms with Crippen LogP contribution in [0.4, 0.5) is 0 Å². The minimum Gasteiger partial charge on any atom is -0.396 e. The van der Waals surface area contributed by atoms with Crippen molar-refractivity contribution in [3.8, 4) is 0 Å². The molecular formula is C17H23N3O. The smallest absolute Gasteiger partial charge is 0.212 e. The van der Waals surface area contributed by atoms with Crippen LogP contribution < -0.4 is 11.5 Å². The van der Waals surface area contributed by atoms with Gasteiger partial charge in [0.25, 0.3) is 0 Å². The molecule has 2 aliphatic rings. The van der Waals surface area contributed by atoms with Gasteiger partial charge in [-0.1, -0.05) is 38.6 Å². The van der Waals surface area contributed by atoms with Gasteiger partial charge in [-0.25, -0.2) is 0 Å². The number of nitrogens with zero attached hydrogens (tertiary/aromatic N) is 1. The summed E-state index contributed by atoms with van der Waals surface area (Å²) in [5, 5.41) is 0. The number of hydrogen-bond acceptors (Lipinski definition) is 4. The van der Waals surface area contributed by atoms with E-state index in [1.54, 1.807) is 0 Å². The van der Waals surface area contributed by atoms with E-state index in [0.717, 1.165) is 25.1 Å². The topological polar surface area (TPSA) is 72.3 Å². The largest absolute Gasteiger partial charge is 0.396 e. The van der Waals surface area contributed by atoms with Gasteiger partial charge in [-0.15, -0.1) is 0 Å². The average molecular weight is 285 g/mol. The Bertz CT molecular complexity index is 616. The van der Waals surface area contributed by atoms with Crippen LogP contribution in [0.15, 0.2) is 41.7 Å². The van der Waals surface area contributed by atoms with E-state index in [-0.39, 0.29) is 5.78 Å². The van der Waals surface area contributed by atoms with Crippen LogP contribution in [0.3, 0.4) is 0 Å². The summed E-state index contributed by atoms with van der Waals surface area (Å²) in [6.07, 6.45) is 0.927. The molecule has 4 heteroatoms. The van der Waals surface area contributed by atoms with E-state index in [2.05, 4.69) is 29.7 Å². The van der Waals surface area contributed by atoms with Crippen molar-refractivity contribution in [3.05, 3.63) is 58.4 Å². The molecule has 0 atom stereocenters. The van der Waals surface area contributed by atoms with Crippen LogP contribution in [0.5, 0.6) is 0 Å². The Morgan fingerprint density at radius 3 is 2.62 bits per heavy atom. The lowest BCUT2D eigenvalue weighted by atomic mass is 9.89. The zero-order valence-electron chi connectivity index (χ0n) is 12.8. The Kier molecular flexibility index (Phi) is 4.48. The second-order valence-electron chi connectivity index (χ2n) is 5.05. The van der Waals surface area contributed by atoms with Gasteiger partial charge in [0.15, 0.2) is 0 Å². The Labute approximate surface area is 126 Å². The summed E-state index contributed by atoms with van der Waals surface area (Å²) in [5.41, 5.74) is 16.8. The Morgan fingerprint density at radius 2 is 2.00 bits per heavy atom. The van der Waals surface area contributed by atoms with Crippen molar-refractivity contribution in [3.63, 3.8) is 0 Å². The molecule has 4 nitrogen and oxygen atoms in total. The third kappa shape index (κ3) is 2.59. The molecule has 0 amide bonds. The standard InChI is InChI=1S/C15H17N3O.C2H6/c1-9-13(17)14(15(9)19)18-5-4-11-3-2-10(7-16)6-12(11)8-18;1-2/h2-3,6H,1,4-5,7-8,16-17H2;1-2H3. The Morgan fingerprint density at radius 1 is 1.29 bits per heavy atom. The molecule has 0 saturated carbocycles. The van der Waals surface area contributed by atoms with E-state index in [1.807, 2.05) is 13.8 Å². The molecule has 0 unspecified atom stereocenters. The second-order valence-corrected chi connectivity index (χ2v) is 5.05. The lowest BCUT2D eigenvalue weighted by molar-refractivity contribution is -0.115. The number of Topliss-reactive ketones (excluding diaryl/α,β-unsaturated/α-hetero) is 1. The molecule has 1 aromatic rings. The Balaban J connectivity index is 0.000000774. The number of benzene rings is 1. The second kappa shape index (κ2) is 6.14. The number of ketones is 1. The molecule has 0 aromatic heterocycles. The van der Waals surface area contributed by atoms with Crippen molar-refractivity contribution in [2.45, 2.75) is 33.4 Å². The van der Waals surface area contributed by atoms with Crippen LogP contribution in [0, 0.1) is 0 Å². The van der Waals surface area contributed by atoms with Crippen molar-refractivity contribution in [1.29, 1.82) is 0 Å². The third-order valence-electron chi connectivity index (χ3n) is 3.90. The SMILES string of the molecule is C=C1C(=O)C(N2CCc3ccc(CN)cc3C2)=C1N.CC. The number of carbonyl (C=O) groups is 1. The van der Waals surface area contributed by atoms with E-state index in [9.17, 15) is 4.79 Å². The van der Waals surface area contributed by atoms with Gasteiger partial charge in [0.1, 0.15) is 5.70 Å². The molecule has 0 bridgehead atoms. The fourth-order valence-electron chi connectivity index (χ4n) is 2.71. The average Bonchev–Trinajstić information content (AvgIpc) is 2.55. The van der Waals surface area contributed by atoms with Gasteiger partial charge < -0.3 is 16.4 Å². The highest BCUT2D eigenvalue weighted by Gasteiger charge is 2.35. The first-order valence-electron chi connectivity index (χ1n) is 7.41. The molecular weight excluding hydrogens is 262 g/mol. The summed E-state index contributed by atoms with van der Waals surface area (Å²) in [4.78, 5) is 13.9. The van der Waals surface area contributed by atoms with Crippen LogP contribution >= 0.6 is 0 Å². The first kappa shape index (κ1) is 15.3. The molecule has 0 spiro atoms. The molecule has 0 saturated heterocycles. The Hall–Kier alpha value is -2.07. The van der Waals surface area contributed by atoms with Crippen LogP contribution in [0.1, 0.15) is 30.5 Å². The summed E-state index contributed by atoms with van der Waals surface area (Å²) in [7, 11) is 0. The number of hydrogen-bond donors (Lipinski definition) is 2. The van der Waals surface area contributed by atoms with Crippen LogP contribution in [0.25, 0.3) is 0 Å². The number of rotatable bonds is 2.